The number of carbonyl (C=O) groups excluding carboxylic acids is 1. The van der Waals surface area contributed by atoms with Crippen LogP contribution in [0.4, 0.5) is 0 Å². The standard InChI is InChI=1S/C11H22N2O2/c1-11(2,3)15-8-7-13-6-4-5-12-9-10(13)14/h12H,4-9H2,1-3H3. The van der Waals surface area contributed by atoms with Gasteiger partial charge in [0.25, 0.3) is 0 Å². The Bertz CT molecular complexity index is 211. The van der Waals surface area contributed by atoms with Crippen molar-refractivity contribution in [1.29, 1.82) is 0 Å². The minimum atomic E-state index is -0.118. The van der Waals surface area contributed by atoms with E-state index in [2.05, 4.69) is 5.32 Å². The average molecular weight is 214 g/mol. The monoisotopic (exact) mass is 214 g/mol. The summed E-state index contributed by atoms with van der Waals surface area (Å²) in [5.74, 6) is 0.185. The Balaban J connectivity index is 2.27. The summed E-state index contributed by atoms with van der Waals surface area (Å²) >= 11 is 0. The van der Waals surface area contributed by atoms with E-state index < -0.39 is 0 Å². The number of hydrogen-bond acceptors (Lipinski definition) is 3. The van der Waals surface area contributed by atoms with Crippen LogP contribution in [-0.4, -0.2) is 49.2 Å². The second kappa shape index (κ2) is 5.47. The predicted molar refractivity (Wildman–Crippen MR) is 59.8 cm³/mol. The molecule has 0 radical (unpaired) electrons. The predicted octanol–water partition coefficient (Wildman–Crippen LogP) is 0.623. The fourth-order valence-corrected chi connectivity index (χ4v) is 1.53. The van der Waals surface area contributed by atoms with Crippen LogP contribution < -0.4 is 5.32 Å². The van der Waals surface area contributed by atoms with Gasteiger partial charge in [-0.1, -0.05) is 0 Å². The van der Waals surface area contributed by atoms with E-state index in [4.69, 9.17) is 4.74 Å². The van der Waals surface area contributed by atoms with E-state index >= 15 is 0 Å². The van der Waals surface area contributed by atoms with Gasteiger partial charge in [0.05, 0.1) is 18.8 Å². The number of amides is 1. The van der Waals surface area contributed by atoms with Gasteiger partial charge >= 0.3 is 0 Å². The van der Waals surface area contributed by atoms with Crippen molar-refractivity contribution in [2.75, 3.05) is 32.8 Å². The molecule has 0 saturated carbocycles. The van der Waals surface area contributed by atoms with Crippen molar-refractivity contribution >= 4 is 5.91 Å². The van der Waals surface area contributed by atoms with E-state index in [1.165, 1.54) is 0 Å². The van der Waals surface area contributed by atoms with Crippen molar-refractivity contribution in [3.63, 3.8) is 0 Å². The Hall–Kier alpha value is -0.610. The minimum Gasteiger partial charge on any atom is -0.374 e. The molecule has 1 amide bonds. The molecule has 88 valence electrons. The molecule has 1 aliphatic rings. The molecule has 0 unspecified atom stereocenters. The van der Waals surface area contributed by atoms with E-state index in [-0.39, 0.29) is 11.5 Å². The summed E-state index contributed by atoms with van der Waals surface area (Å²) in [6, 6.07) is 0. The van der Waals surface area contributed by atoms with E-state index in [0.29, 0.717) is 19.7 Å². The van der Waals surface area contributed by atoms with Crippen LogP contribution in [0.2, 0.25) is 0 Å². The van der Waals surface area contributed by atoms with Gasteiger partial charge in [-0.3, -0.25) is 4.79 Å². The Morgan fingerprint density at radius 1 is 1.47 bits per heavy atom. The third kappa shape index (κ3) is 5.14. The second-order valence-electron chi connectivity index (χ2n) is 4.87. The summed E-state index contributed by atoms with van der Waals surface area (Å²) in [5, 5.41) is 3.10. The molecular weight excluding hydrogens is 192 g/mol. The topological polar surface area (TPSA) is 41.6 Å². The molecule has 4 heteroatoms. The van der Waals surface area contributed by atoms with Crippen LogP contribution in [0.3, 0.4) is 0 Å². The molecule has 1 saturated heterocycles. The lowest BCUT2D eigenvalue weighted by Crippen LogP contribution is -2.38. The molecule has 1 rings (SSSR count). The Morgan fingerprint density at radius 3 is 2.87 bits per heavy atom. The smallest absolute Gasteiger partial charge is 0.236 e. The highest BCUT2D eigenvalue weighted by molar-refractivity contribution is 5.78. The molecule has 0 aromatic rings. The van der Waals surface area contributed by atoms with Gasteiger partial charge in [0.1, 0.15) is 0 Å². The molecule has 1 fully saturated rings. The average Bonchev–Trinajstić information content (AvgIpc) is 2.30. The first-order valence-electron chi connectivity index (χ1n) is 5.61. The van der Waals surface area contributed by atoms with Crippen molar-refractivity contribution in [3.8, 4) is 0 Å². The highest BCUT2D eigenvalue weighted by atomic mass is 16.5. The maximum Gasteiger partial charge on any atom is 0.236 e. The lowest BCUT2D eigenvalue weighted by molar-refractivity contribution is -0.131. The number of nitrogens with zero attached hydrogens (tertiary/aromatic N) is 1. The van der Waals surface area contributed by atoms with Crippen molar-refractivity contribution in [3.05, 3.63) is 0 Å². The molecule has 0 spiro atoms. The quantitative estimate of drug-likeness (QED) is 0.749. The summed E-state index contributed by atoms with van der Waals surface area (Å²) in [4.78, 5) is 13.5. The fraction of sp³-hybridized carbons (Fsp3) is 0.909. The van der Waals surface area contributed by atoms with Crippen LogP contribution in [0.25, 0.3) is 0 Å². The normalized spacial score (nSPS) is 19.1. The minimum absolute atomic E-state index is 0.118. The first-order chi connectivity index (χ1) is 6.99. The molecule has 0 bridgehead atoms. The number of rotatable bonds is 3. The van der Waals surface area contributed by atoms with Crippen LogP contribution >= 0.6 is 0 Å². The fourth-order valence-electron chi connectivity index (χ4n) is 1.53. The second-order valence-corrected chi connectivity index (χ2v) is 4.87. The first-order valence-corrected chi connectivity index (χ1v) is 5.61. The summed E-state index contributed by atoms with van der Waals surface area (Å²) in [6.45, 7) is 9.65. The Kier molecular flexibility index (Phi) is 4.54. The van der Waals surface area contributed by atoms with Gasteiger partial charge in [0, 0.05) is 13.1 Å². The van der Waals surface area contributed by atoms with Gasteiger partial charge in [-0.15, -0.1) is 0 Å². The van der Waals surface area contributed by atoms with Gasteiger partial charge in [0.15, 0.2) is 0 Å². The van der Waals surface area contributed by atoms with Crippen LogP contribution in [0.1, 0.15) is 27.2 Å². The van der Waals surface area contributed by atoms with Crippen LogP contribution in [0, 0.1) is 0 Å². The molecule has 1 aliphatic heterocycles. The van der Waals surface area contributed by atoms with Crippen LogP contribution in [0.5, 0.6) is 0 Å². The first kappa shape index (κ1) is 12.5. The molecule has 0 aromatic carbocycles. The molecule has 0 aromatic heterocycles. The number of carbonyl (C=O) groups is 1. The van der Waals surface area contributed by atoms with E-state index in [1.807, 2.05) is 25.7 Å². The molecule has 4 nitrogen and oxygen atoms in total. The number of hydrogen-bond donors (Lipinski definition) is 1. The third-order valence-corrected chi connectivity index (χ3v) is 2.31. The maximum atomic E-state index is 11.6. The molecule has 1 N–H and O–H groups in total. The van der Waals surface area contributed by atoms with Crippen molar-refractivity contribution in [2.45, 2.75) is 32.8 Å². The van der Waals surface area contributed by atoms with Gasteiger partial charge in [0.2, 0.25) is 5.91 Å². The van der Waals surface area contributed by atoms with Crippen molar-refractivity contribution in [2.24, 2.45) is 0 Å². The van der Waals surface area contributed by atoms with Gasteiger partial charge in [-0.25, -0.2) is 0 Å². The zero-order chi connectivity index (χ0) is 11.3. The largest absolute Gasteiger partial charge is 0.374 e. The highest BCUT2D eigenvalue weighted by Crippen LogP contribution is 2.06. The number of ether oxygens (including phenoxy) is 1. The summed E-state index contributed by atoms with van der Waals surface area (Å²) in [5.41, 5.74) is -0.118. The number of nitrogens with one attached hydrogen (secondary N) is 1. The summed E-state index contributed by atoms with van der Waals surface area (Å²) in [6.07, 6.45) is 1.03. The molecule has 1 heterocycles. The molecule has 15 heavy (non-hydrogen) atoms. The van der Waals surface area contributed by atoms with Crippen molar-refractivity contribution in [1.82, 2.24) is 10.2 Å². The van der Waals surface area contributed by atoms with E-state index in [1.54, 1.807) is 0 Å². The van der Waals surface area contributed by atoms with Crippen LogP contribution in [-0.2, 0) is 9.53 Å². The summed E-state index contributed by atoms with van der Waals surface area (Å²) in [7, 11) is 0. The lowest BCUT2D eigenvalue weighted by Gasteiger charge is -2.24. The SMILES string of the molecule is CC(C)(C)OCCN1CCCNCC1=O. The zero-order valence-corrected chi connectivity index (χ0v) is 10.0. The van der Waals surface area contributed by atoms with Crippen LogP contribution in [0.15, 0.2) is 0 Å². The van der Waals surface area contributed by atoms with Gasteiger partial charge in [-0.05, 0) is 33.7 Å². The van der Waals surface area contributed by atoms with Gasteiger partial charge < -0.3 is 15.0 Å². The lowest BCUT2D eigenvalue weighted by atomic mass is 10.2. The highest BCUT2D eigenvalue weighted by Gasteiger charge is 2.17. The van der Waals surface area contributed by atoms with E-state index in [9.17, 15) is 4.79 Å². The van der Waals surface area contributed by atoms with E-state index in [0.717, 1.165) is 19.5 Å². The van der Waals surface area contributed by atoms with Gasteiger partial charge in [-0.2, -0.15) is 0 Å². The summed E-state index contributed by atoms with van der Waals surface area (Å²) < 4.78 is 5.61. The maximum absolute atomic E-state index is 11.6. The Morgan fingerprint density at radius 2 is 2.20 bits per heavy atom. The Labute approximate surface area is 92.0 Å². The molecule has 0 atom stereocenters. The zero-order valence-electron chi connectivity index (χ0n) is 10.0. The molecular formula is C11H22N2O2. The van der Waals surface area contributed by atoms with Crippen molar-refractivity contribution < 1.29 is 9.53 Å². The third-order valence-electron chi connectivity index (χ3n) is 2.31. The molecule has 0 aliphatic carbocycles.